The Bertz CT molecular complexity index is 500. The van der Waals surface area contributed by atoms with Crippen molar-refractivity contribution in [2.75, 3.05) is 20.6 Å². The quantitative estimate of drug-likeness (QED) is 0.413. The maximum atomic E-state index is 11.6. The number of hydrogen-bond donors (Lipinski definition) is 2. The van der Waals surface area contributed by atoms with Gasteiger partial charge in [0, 0.05) is 39.6 Å². The first-order chi connectivity index (χ1) is 10.4. The Hall–Kier alpha value is -1.31. The van der Waals surface area contributed by atoms with Gasteiger partial charge in [-0.2, -0.15) is 0 Å². The zero-order valence-electron chi connectivity index (χ0n) is 14.7. The van der Waals surface area contributed by atoms with Gasteiger partial charge in [-0.25, -0.2) is 0 Å². The van der Waals surface area contributed by atoms with E-state index in [0.717, 1.165) is 12.5 Å². The van der Waals surface area contributed by atoms with E-state index in [4.69, 9.17) is 0 Å². The molecule has 0 saturated heterocycles. The number of halogens is 1. The Kier molecular flexibility index (Phi) is 10.6. The van der Waals surface area contributed by atoms with Crippen molar-refractivity contribution in [2.24, 2.45) is 4.99 Å². The molecule has 0 spiro atoms. The summed E-state index contributed by atoms with van der Waals surface area (Å²) in [4.78, 5) is 17.9. The van der Waals surface area contributed by atoms with Gasteiger partial charge >= 0.3 is 0 Å². The number of aliphatic imine (C=N–C) groups is 1. The van der Waals surface area contributed by atoms with Crippen molar-refractivity contribution in [2.45, 2.75) is 39.8 Å². The molecule has 1 amide bonds. The highest BCUT2D eigenvalue weighted by molar-refractivity contribution is 14.0. The van der Waals surface area contributed by atoms with E-state index in [1.807, 2.05) is 25.8 Å². The van der Waals surface area contributed by atoms with E-state index < -0.39 is 0 Å². The summed E-state index contributed by atoms with van der Waals surface area (Å²) in [6.45, 7) is 7.34. The molecule has 1 aromatic carbocycles. The molecule has 1 aromatic rings. The van der Waals surface area contributed by atoms with E-state index >= 15 is 0 Å². The molecule has 2 N–H and O–H groups in total. The number of amides is 1. The molecule has 0 radical (unpaired) electrons. The predicted octanol–water partition coefficient (Wildman–Crippen LogP) is 2.53. The van der Waals surface area contributed by atoms with Gasteiger partial charge in [0.25, 0.3) is 0 Å². The van der Waals surface area contributed by atoms with Crippen LogP contribution in [0.25, 0.3) is 0 Å². The molecular formula is C17H29IN4O. The van der Waals surface area contributed by atoms with E-state index in [1.165, 1.54) is 11.1 Å². The summed E-state index contributed by atoms with van der Waals surface area (Å²) in [7, 11) is 3.74. The molecule has 0 fully saturated rings. The lowest BCUT2D eigenvalue weighted by Gasteiger charge is -2.22. The highest BCUT2D eigenvalue weighted by Gasteiger charge is 2.08. The number of hydrogen-bond acceptors (Lipinski definition) is 2. The lowest BCUT2D eigenvalue weighted by molar-refractivity contribution is -0.121. The van der Waals surface area contributed by atoms with Gasteiger partial charge in [-0.15, -0.1) is 24.0 Å². The highest BCUT2D eigenvalue weighted by atomic mass is 127. The zero-order valence-corrected chi connectivity index (χ0v) is 17.0. The normalized spacial score (nSPS) is 11.0. The molecular weight excluding hydrogens is 403 g/mol. The number of carbonyl (C=O) groups is 1. The molecule has 0 saturated carbocycles. The van der Waals surface area contributed by atoms with Crippen LogP contribution in [0, 0.1) is 6.92 Å². The molecule has 6 heteroatoms. The number of aryl methyl sites for hydroxylation is 1. The van der Waals surface area contributed by atoms with Gasteiger partial charge in [0.15, 0.2) is 5.96 Å². The molecule has 0 aliphatic carbocycles. The van der Waals surface area contributed by atoms with Crippen LogP contribution in [0.3, 0.4) is 0 Å². The standard InChI is InChI=1S/C17H28N4O.HI/c1-13(2)20-16(22)10-11-19-17(18-4)21(5)12-15-8-6-14(3)7-9-15;/h6-9,13H,10-12H2,1-5H3,(H,18,19)(H,20,22);1H. The summed E-state index contributed by atoms with van der Waals surface area (Å²) in [5.41, 5.74) is 2.48. The van der Waals surface area contributed by atoms with Crippen molar-refractivity contribution in [1.82, 2.24) is 15.5 Å². The SMILES string of the molecule is CN=C(NCCC(=O)NC(C)C)N(C)Cc1ccc(C)cc1.I. The van der Waals surface area contributed by atoms with Crippen LogP contribution in [0.4, 0.5) is 0 Å². The van der Waals surface area contributed by atoms with Crippen LogP contribution < -0.4 is 10.6 Å². The van der Waals surface area contributed by atoms with E-state index in [9.17, 15) is 4.79 Å². The second kappa shape index (κ2) is 11.3. The Morgan fingerprint density at radius 2 is 1.87 bits per heavy atom. The van der Waals surface area contributed by atoms with E-state index in [-0.39, 0.29) is 35.9 Å². The predicted molar refractivity (Wildman–Crippen MR) is 107 cm³/mol. The molecule has 1 rings (SSSR count). The van der Waals surface area contributed by atoms with Gasteiger partial charge in [0.05, 0.1) is 0 Å². The third-order valence-corrected chi connectivity index (χ3v) is 3.20. The lowest BCUT2D eigenvalue weighted by Crippen LogP contribution is -2.40. The van der Waals surface area contributed by atoms with Gasteiger partial charge in [-0.1, -0.05) is 29.8 Å². The summed E-state index contributed by atoms with van der Waals surface area (Å²) in [6.07, 6.45) is 0.440. The van der Waals surface area contributed by atoms with Crippen LogP contribution in [-0.4, -0.2) is 43.4 Å². The first kappa shape index (κ1) is 21.7. The number of rotatable bonds is 6. The minimum atomic E-state index is 0. The molecule has 0 aliphatic heterocycles. The van der Waals surface area contributed by atoms with Gasteiger partial charge in [0.1, 0.15) is 0 Å². The average Bonchev–Trinajstić information content (AvgIpc) is 2.45. The second-order valence-electron chi connectivity index (χ2n) is 5.79. The van der Waals surface area contributed by atoms with E-state index in [0.29, 0.717) is 13.0 Å². The fraction of sp³-hybridized carbons (Fsp3) is 0.529. The fourth-order valence-corrected chi connectivity index (χ4v) is 2.11. The van der Waals surface area contributed by atoms with Crippen molar-refractivity contribution < 1.29 is 4.79 Å². The fourth-order valence-electron chi connectivity index (χ4n) is 2.11. The van der Waals surface area contributed by atoms with Crippen molar-refractivity contribution in [3.05, 3.63) is 35.4 Å². The molecule has 23 heavy (non-hydrogen) atoms. The maximum Gasteiger partial charge on any atom is 0.221 e. The first-order valence-electron chi connectivity index (χ1n) is 7.69. The van der Waals surface area contributed by atoms with Crippen LogP contribution >= 0.6 is 24.0 Å². The number of nitrogens with one attached hydrogen (secondary N) is 2. The molecule has 0 heterocycles. The minimum Gasteiger partial charge on any atom is -0.356 e. The number of benzene rings is 1. The van der Waals surface area contributed by atoms with Crippen molar-refractivity contribution in [3.8, 4) is 0 Å². The van der Waals surface area contributed by atoms with Gasteiger partial charge in [0.2, 0.25) is 5.91 Å². The second-order valence-corrected chi connectivity index (χ2v) is 5.79. The monoisotopic (exact) mass is 432 g/mol. The van der Waals surface area contributed by atoms with Crippen LogP contribution in [0.2, 0.25) is 0 Å². The lowest BCUT2D eigenvalue weighted by atomic mass is 10.1. The highest BCUT2D eigenvalue weighted by Crippen LogP contribution is 2.05. The zero-order chi connectivity index (χ0) is 16.5. The molecule has 0 aromatic heterocycles. The third-order valence-electron chi connectivity index (χ3n) is 3.20. The Balaban J connectivity index is 0.00000484. The topological polar surface area (TPSA) is 56.7 Å². The Morgan fingerprint density at radius 1 is 1.26 bits per heavy atom. The van der Waals surface area contributed by atoms with E-state index in [2.05, 4.69) is 46.8 Å². The number of guanidine groups is 1. The average molecular weight is 432 g/mol. The Morgan fingerprint density at radius 3 is 2.39 bits per heavy atom. The van der Waals surface area contributed by atoms with Gasteiger partial charge in [-0.3, -0.25) is 9.79 Å². The largest absolute Gasteiger partial charge is 0.356 e. The van der Waals surface area contributed by atoms with Crippen LogP contribution in [0.15, 0.2) is 29.3 Å². The number of carbonyl (C=O) groups excluding carboxylic acids is 1. The van der Waals surface area contributed by atoms with E-state index in [1.54, 1.807) is 7.05 Å². The van der Waals surface area contributed by atoms with Crippen molar-refractivity contribution in [1.29, 1.82) is 0 Å². The summed E-state index contributed by atoms with van der Waals surface area (Å²) < 4.78 is 0. The van der Waals surface area contributed by atoms with Gasteiger partial charge in [-0.05, 0) is 26.3 Å². The molecule has 130 valence electrons. The number of nitrogens with zero attached hydrogens (tertiary/aromatic N) is 2. The Labute approximate surface area is 157 Å². The molecule has 5 nitrogen and oxygen atoms in total. The molecule has 0 aliphatic rings. The smallest absolute Gasteiger partial charge is 0.221 e. The molecule has 0 atom stereocenters. The first-order valence-corrected chi connectivity index (χ1v) is 7.69. The van der Waals surface area contributed by atoms with Gasteiger partial charge < -0.3 is 15.5 Å². The summed E-state index contributed by atoms with van der Waals surface area (Å²) >= 11 is 0. The third kappa shape index (κ3) is 8.78. The summed E-state index contributed by atoms with van der Waals surface area (Å²) in [5.74, 6) is 0.845. The maximum absolute atomic E-state index is 11.6. The van der Waals surface area contributed by atoms with Crippen LogP contribution in [-0.2, 0) is 11.3 Å². The summed E-state index contributed by atoms with van der Waals surface area (Å²) in [6, 6.07) is 8.63. The van der Waals surface area contributed by atoms with Crippen LogP contribution in [0.1, 0.15) is 31.4 Å². The summed E-state index contributed by atoms with van der Waals surface area (Å²) in [5, 5.41) is 6.10. The molecule has 0 bridgehead atoms. The van der Waals surface area contributed by atoms with Crippen molar-refractivity contribution in [3.63, 3.8) is 0 Å². The van der Waals surface area contributed by atoms with Crippen LogP contribution in [0.5, 0.6) is 0 Å². The molecule has 0 unspecified atom stereocenters. The van der Waals surface area contributed by atoms with Crippen molar-refractivity contribution >= 4 is 35.8 Å². The minimum absolute atomic E-state index is 0.